The van der Waals surface area contributed by atoms with Gasteiger partial charge in [0.25, 0.3) is 0 Å². The van der Waals surface area contributed by atoms with E-state index in [2.05, 4.69) is 115 Å². The highest BCUT2D eigenvalue weighted by atomic mass is 79.9. The Bertz CT molecular complexity index is 1520. The summed E-state index contributed by atoms with van der Waals surface area (Å²) in [6.07, 6.45) is 0. The molecule has 0 saturated heterocycles. The summed E-state index contributed by atoms with van der Waals surface area (Å²) in [7, 11) is 0. The second kappa shape index (κ2) is 6.18. The standard InChI is InChI=1S/C24H13Br2NS/c25-14-11-15(26)13-16(12-14)27-20-7-3-1-6-19(20)23-21(27)10-9-18-17-5-2-4-8-22(17)28-24(18)23/h1-13H. The molecule has 0 saturated carbocycles. The van der Waals surface area contributed by atoms with Gasteiger partial charge in [-0.1, -0.05) is 74.3 Å². The molecule has 0 fully saturated rings. The van der Waals surface area contributed by atoms with Gasteiger partial charge in [0, 0.05) is 45.6 Å². The topological polar surface area (TPSA) is 4.93 Å². The van der Waals surface area contributed by atoms with Crippen molar-refractivity contribution in [3.63, 3.8) is 0 Å². The maximum Gasteiger partial charge on any atom is 0.0555 e. The molecule has 2 heterocycles. The summed E-state index contributed by atoms with van der Waals surface area (Å²) in [5, 5.41) is 5.31. The molecule has 4 heteroatoms. The number of benzene rings is 4. The monoisotopic (exact) mass is 505 g/mol. The number of nitrogens with zero attached hydrogens (tertiary/aromatic N) is 1. The molecule has 1 nitrogen and oxygen atoms in total. The van der Waals surface area contributed by atoms with Crippen molar-refractivity contribution in [1.82, 2.24) is 4.57 Å². The molecule has 2 aromatic heterocycles. The molecule has 0 aliphatic rings. The summed E-state index contributed by atoms with van der Waals surface area (Å²) in [6, 6.07) is 28.4. The van der Waals surface area contributed by atoms with E-state index in [1.54, 1.807) is 0 Å². The van der Waals surface area contributed by atoms with Crippen LogP contribution in [0.2, 0.25) is 0 Å². The Morgan fingerprint density at radius 3 is 2.18 bits per heavy atom. The molecule has 134 valence electrons. The third kappa shape index (κ3) is 2.35. The number of halogens is 2. The predicted octanol–water partition coefficient (Wildman–Crippen LogP) is 8.68. The summed E-state index contributed by atoms with van der Waals surface area (Å²) < 4.78 is 7.19. The van der Waals surface area contributed by atoms with Crippen LogP contribution in [0.3, 0.4) is 0 Å². The normalized spacial score (nSPS) is 11.9. The van der Waals surface area contributed by atoms with Crippen LogP contribution in [0, 0.1) is 0 Å². The van der Waals surface area contributed by atoms with Crippen LogP contribution in [0.1, 0.15) is 0 Å². The fourth-order valence-electron chi connectivity index (χ4n) is 4.18. The van der Waals surface area contributed by atoms with Crippen molar-refractivity contribution < 1.29 is 0 Å². The van der Waals surface area contributed by atoms with Gasteiger partial charge >= 0.3 is 0 Å². The largest absolute Gasteiger partial charge is 0.309 e. The Morgan fingerprint density at radius 1 is 0.643 bits per heavy atom. The highest BCUT2D eigenvalue weighted by Crippen LogP contribution is 2.43. The summed E-state index contributed by atoms with van der Waals surface area (Å²) in [6.45, 7) is 0. The molecule has 0 aliphatic heterocycles. The maximum absolute atomic E-state index is 3.65. The minimum Gasteiger partial charge on any atom is -0.309 e. The van der Waals surface area contributed by atoms with Gasteiger partial charge in [-0.2, -0.15) is 0 Å². The Hall–Kier alpha value is -2.14. The zero-order chi connectivity index (χ0) is 18.8. The van der Waals surface area contributed by atoms with E-state index in [9.17, 15) is 0 Å². The first kappa shape index (κ1) is 16.8. The molecule has 0 bridgehead atoms. The van der Waals surface area contributed by atoms with E-state index < -0.39 is 0 Å². The first-order valence-corrected chi connectivity index (χ1v) is 11.4. The van der Waals surface area contributed by atoms with Crippen molar-refractivity contribution in [3.8, 4) is 5.69 Å². The molecule has 0 aliphatic carbocycles. The van der Waals surface area contributed by atoms with Crippen LogP contribution in [0.5, 0.6) is 0 Å². The molecule has 6 aromatic rings. The SMILES string of the molecule is Brc1cc(Br)cc(-n2c3ccccc3c3c4sc5ccccc5c4ccc32)c1. The smallest absolute Gasteiger partial charge is 0.0555 e. The average Bonchev–Trinajstić information content (AvgIpc) is 3.22. The number of rotatable bonds is 1. The van der Waals surface area contributed by atoms with Crippen LogP contribution in [0.15, 0.2) is 87.8 Å². The molecule has 0 atom stereocenters. The average molecular weight is 507 g/mol. The van der Waals surface area contributed by atoms with Gasteiger partial charge in [0.1, 0.15) is 0 Å². The van der Waals surface area contributed by atoms with Crippen LogP contribution >= 0.6 is 43.2 Å². The van der Waals surface area contributed by atoms with Crippen molar-refractivity contribution in [2.75, 3.05) is 0 Å². The van der Waals surface area contributed by atoms with Crippen molar-refractivity contribution >= 4 is 85.2 Å². The molecule has 0 amide bonds. The number of para-hydroxylation sites is 1. The number of thiophene rings is 1. The maximum atomic E-state index is 3.65. The van der Waals surface area contributed by atoms with Gasteiger partial charge in [-0.25, -0.2) is 0 Å². The van der Waals surface area contributed by atoms with Crippen LogP contribution < -0.4 is 0 Å². The second-order valence-corrected chi connectivity index (χ2v) is 9.80. The predicted molar refractivity (Wildman–Crippen MR) is 129 cm³/mol. The highest BCUT2D eigenvalue weighted by Gasteiger charge is 2.17. The fraction of sp³-hybridized carbons (Fsp3) is 0. The van der Waals surface area contributed by atoms with Gasteiger partial charge < -0.3 is 4.57 Å². The lowest BCUT2D eigenvalue weighted by Crippen LogP contribution is -1.93. The summed E-state index contributed by atoms with van der Waals surface area (Å²) in [5.41, 5.74) is 3.62. The van der Waals surface area contributed by atoms with Crippen molar-refractivity contribution in [3.05, 3.63) is 87.8 Å². The zero-order valence-electron chi connectivity index (χ0n) is 14.6. The number of aromatic nitrogens is 1. The van der Waals surface area contributed by atoms with Crippen molar-refractivity contribution in [2.24, 2.45) is 0 Å². The van der Waals surface area contributed by atoms with E-state index in [4.69, 9.17) is 0 Å². The second-order valence-electron chi connectivity index (χ2n) is 6.91. The van der Waals surface area contributed by atoms with Crippen LogP contribution in [-0.4, -0.2) is 4.57 Å². The van der Waals surface area contributed by atoms with E-state index >= 15 is 0 Å². The summed E-state index contributed by atoms with van der Waals surface area (Å²) >= 11 is 9.19. The molecule has 28 heavy (non-hydrogen) atoms. The first-order chi connectivity index (χ1) is 13.7. The van der Waals surface area contributed by atoms with Gasteiger partial charge in [-0.05, 0) is 36.4 Å². The molecule has 4 aromatic carbocycles. The lowest BCUT2D eigenvalue weighted by Gasteiger charge is -2.09. The van der Waals surface area contributed by atoms with E-state index in [-0.39, 0.29) is 0 Å². The third-order valence-electron chi connectivity index (χ3n) is 5.29. The Morgan fingerprint density at radius 2 is 1.36 bits per heavy atom. The fourth-order valence-corrected chi connectivity index (χ4v) is 6.71. The van der Waals surface area contributed by atoms with E-state index in [1.807, 2.05) is 11.3 Å². The summed E-state index contributed by atoms with van der Waals surface area (Å²) in [5.74, 6) is 0. The molecule has 0 spiro atoms. The minimum absolute atomic E-state index is 1.06. The van der Waals surface area contributed by atoms with E-state index in [0.717, 1.165) is 14.6 Å². The van der Waals surface area contributed by atoms with Gasteiger partial charge in [0.15, 0.2) is 0 Å². The quantitative estimate of drug-likeness (QED) is 0.210. The van der Waals surface area contributed by atoms with Crippen molar-refractivity contribution in [1.29, 1.82) is 0 Å². The van der Waals surface area contributed by atoms with Gasteiger partial charge in [0.05, 0.1) is 11.0 Å². The van der Waals surface area contributed by atoms with Crippen LogP contribution in [0.4, 0.5) is 0 Å². The Labute approximate surface area is 182 Å². The molecule has 0 N–H and O–H groups in total. The lowest BCUT2D eigenvalue weighted by atomic mass is 10.1. The summed E-state index contributed by atoms with van der Waals surface area (Å²) in [4.78, 5) is 0. The minimum atomic E-state index is 1.06. The number of hydrogen-bond acceptors (Lipinski definition) is 1. The van der Waals surface area contributed by atoms with E-state index in [0.29, 0.717) is 0 Å². The molecule has 6 rings (SSSR count). The molecule has 0 radical (unpaired) electrons. The van der Waals surface area contributed by atoms with E-state index in [1.165, 1.54) is 42.0 Å². The zero-order valence-corrected chi connectivity index (χ0v) is 18.6. The van der Waals surface area contributed by atoms with Gasteiger partial charge in [-0.3, -0.25) is 0 Å². The van der Waals surface area contributed by atoms with Crippen LogP contribution in [-0.2, 0) is 0 Å². The number of fused-ring (bicyclic) bond motifs is 7. The van der Waals surface area contributed by atoms with Gasteiger partial charge in [0.2, 0.25) is 0 Å². The highest BCUT2D eigenvalue weighted by molar-refractivity contribution is 9.11. The Kier molecular flexibility index (Phi) is 3.70. The molecular weight excluding hydrogens is 494 g/mol. The molecule has 0 unspecified atom stereocenters. The lowest BCUT2D eigenvalue weighted by molar-refractivity contribution is 1.17. The van der Waals surface area contributed by atoms with Crippen molar-refractivity contribution in [2.45, 2.75) is 0 Å². The molecular formula is C24H13Br2NS. The first-order valence-electron chi connectivity index (χ1n) is 9.00. The third-order valence-corrected chi connectivity index (χ3v) is 7.41. The van der Waals surface area contributed by atoms with Gasteiger partial charge in [-0.15, -0.1) is 11.3 Å². The van der Waals surface area contributed by atoms with Crippen LogP contribution in [0.25, 0.3) is 47.7 Å². The Balaban J connectivity index is 1.85. The number of hydrogen-bond donors (Lipinski definition) is 0.